The zero-order chi connectivity index (χ0) is 14.3. The Labute approximate surface area is 123 Å². The molecular weight excluding hydrogens is 300 g/mol. The molecule has 1 aromatic rings. The van der Waals surface area contributed by atoms with Crippen molar-refractivity contribution in [3.8, 4) is 0 Å². The van der Waals surface area contributed by atoms with E-state index in [1.807, 2.05) is 0 Å². The van der Waals surface area contributed by atoms with E-state index in [4.69, 9.17) is 22.1 Å². The highest BCUT2D eigenvalue weighted by atomic mass is 35.5. The van der Waals surface area contributed by atoms with E-state index in [-0.39, 0.29) is 22.7 Å². The Morgan fingerprint density at radius 1 is 1.35 bits per heavy atom. The van der Waals surface area contributed by atoms with Crippen molar-refractivity contribution in [2.75, 3.05) is 18.9 Å². The third-order valence-corrected chi connectivity index (χ3v) is 6.27. The molecule has 1 aromatic carbocycles. The van der Waals surface area contributed by atoms with Crippen LogP contribution in [0, 0.1) is 0 Å². The highest BCUT2D eigenvalue weighted by Crippen LogP contribution is 2.34. The first kappa shape index (κ1) is 14.1. The molecule has 5 nitrogen and oxygen atoms in total. The highest BCUT2D eigenvalue weighted by Gasteiger charge is 2.42. The standard InChI is InChI=1S/C13H17ClN2O3S/c14-10-5-4-9(8-11(10)15)20(17,18)16-6-7-19-13-3-1-2-12(13)16/h4-5,8,12-13H,1-3,6-7,15H2. The van der Waals surface area contributed by atoms with Crippen molar-refractivity contribution in [3.05, 3.63) is 23.2 Å². The summed E-state index contributed by atoms with van der Waals surface area (Å²) in [4.78, 5) is 0.201. The number of halogens is 1. The van der Waals surface area contributed by atoms with Crippen LogP contribution in [0.4, 0.5) is 5.69 Å². The average Bonchev–Trinajstić information content (AvgIpc) is 2.89. The molecule has 3 rings (SSSR count). The number of nitrogens with two attached hydrogens (primary N) is 1. The molecule has 2 unspecified atom stereocenters. The first-order chi connectivity index (χ1) is 9.50. The summed E-state index contributed by atoms with van der Waals surface area (Å²) in [6, 6.07) is 4.41. The molecule has 7 heteroatoms. The number of nitrogen functional groups attached to an aromatic ring is 1. The number of benzene rings is 1. The molecule has 0 amide bonds. The lowest BCUT2D eigenvalue weighted by Crippen LogP contribution is -2.51. The summed E-state index contributed by atoms with van der Waals surface area (Å²) in [6.45, 7) is 0.843. The summed E-state index contributed by atoms with van der Waals surface area (Å²) < 4.78 is 32.8. The first-order valence-corrected chi connectivity index (χ1v) is 8.50. The maximum absolute atomic E-state index is 12.8. The van der Waals surface area contributed by atoms with Crippen LogP contribution in [0.2, 0.25) is 5.02 Å². The van der Waals surface area contributed by atoms with Gasteiger partial charge in [-0.2, -0.15) is 4.31 Å². The summed E-state index contributed by atoms with van der Waals surface area (Å²) >= 11 is 5.85. The summed E-state index contributed by atoms with van der Waals surface area (Å²) in [7, 11) is -3.54. The van der Waals surface area contributed by atoms with Crippen LogP contribution in [0.1, 0.15) is 19.3 Å². The van der Waals surface area contributed by atoms with E-state index < -0.39 is 10.0 Å². The Balaban J connectivity index is 1.96. The molecule has 20 heavy (non-hydrogen) atoms. The van der Waals surface area contributed by atoms with Crippen LogP contribution < -0.4 is 5.73 Å². The second kappa shape index (κ2) is 5.18. The maximum Gasteiger partial charge on any atom is 0.243 e. The molecule has 0 bridgehead atoms. The predicted octanol–water partition coefficient (Wildman–Crippen LogP) is 1.86. The fourth-order valence-electron chi connectivity index (χ4n) is 3.01. The van der Waals surface area contributed by atoms with Crippen LogP contribution in [-0.4, -0.2) is 38.0 Å². The lowest BCUT2D eigenvalue weighted by atomic mass is 10.2. The van der Waals surface area contributed by atoms with Gasteiger partial charge in [-0.15, -0.1) is 0 Å². The summed E-state index contributed by atoms with van der Waals surface area (Å²) in [5.74, 6) is 0. The smallest absolute Gasteiger partial charge is 0.243 e. The van der Waals surface area contributed by atoms with Gasteiger partial charge in [0, 0.05) is 6.54 Å². The minimum Gasteiger partial charge on any atom is -0.397 e. The fourth-order valence-corrected chi connectivity index (χ4v) is 4.82. The number of hydrogen-bond acceptors (Lipinski definition) is 4. The SMILES string of the molecule is Nc1cc(S(=O)(=O)N2CCOC3CCCC32)ccc1Cl. The number of anilines is 1. The summed E-state index contributed by atoms with van der Waals surface area (Å²) in [5.41, 5.74) is 6.00. The lowest BCUT2D eigenvalue weighted by Gasteiger charge is -2.36. The van der Waals surface area contributed by atoms with Gasteiger partial charge in [0.2, 0.25) is 10.0 Å². The molecule has 1 aliphatic heterocycles. The number of rotatable bonds is 2. The van der Waals surface area contributed by atoms with Crippen LogP contribution >= 0.6 is 11.6 Å². The van der Waals surface area contributed by atoms with E-state index in [0.717, 1.165) is 19.3 Å². The Hall–Kier alpha value is -0.820. The molecule has 1 aliphatic carbocycles. The second-order valence-corrected chi connectivity index (χ2v) is 7.50. The van der Waals surface area contributed by atoms with Gasteiger partial charge >= 0.3 is 0 Å². The highest BCUT2D eigenvalue weighted by molar-refractivity contribution is 7.89. The van der Waals surface area contributed by atoms with Crippen LogP contribution in [0.25, 0.3) is 0 Å². The number of sulfonamides is 1. The Kier molecular flexibility index (Phi) is 3.66. The molecule has 1 saturated carbocycles. The minimum absolute atomic E-state index is 0.0307. The van der Waals surface area contributed by atoms with E-state index in [9.17, 15) is 8.42 Å². The van der Waals surface area contributed by atoms with Crippen LogP contribution in [0.5, 0.6) is 0 Å². The molecule has 1 saturated heterocycles. The van der Waals surface area contributed by atoms with Gasteiger partial charge in [0.05, 0.1) is 34.4 Å². The van der Waals surface area contributed by atoms with E-state index in [0.29, 0.717) is 18.2 Å². The third kappa shape index (κ3) is 2.30. The Morgan fingerprint density at radius 3 is 2.90 bits per heavy atom. The Bertz CT molecular complexity index is 620. The van der Waals surface area contributed by atoms with Crippen molar-refractivity contribution < 1.29 is 13.2 Å². The molecule has 2 N–H and O–H groups in total. The van der Waals surface area contributed by atoms with E-state index in [2.05, 4.69) is 0 Å². The van der Waals surface area contributed by atoms with Gasteiger partial charge in [-0.25, -0.2) is 8.42 Å². The largest absolute Gasteiger partial charge is 0.397 e. The lowest BCUT2D eigenvalue weighted by molar-refractivity contribution is -0.0241. The predicted molar refractivity (Wildman–Crippen MR) is 77.1 cm³/mol. The van der Waals surface area contributed by atoms with Crippen molar-refractivity contribution >= 4 is 27.3 Å². The third-order valence-electron chi connectivity index (χ3n) is 4.01. The monoisotopic (exact) mass is 316 g/mol. The van der Waals surface area contributed by atoms with Gasteiger partial charge in [0.15, 0.2) is 0 Å². The molecule has 2 fully saturated rings. The van der Waals surface area contributed by atoms with Crippen molar-refractivity contribution in [2.45, 2.75) is 36.3 Å². The molecule has 2 atom stereocenters. The maximum atomic E-state index is 12.8. The molecule has 0 aromatic heterocycles. The normalized spacial score (nSPS) is 27.4. The quantitative estimate of drug-likeness (QED) is 0.845. The zero-order valence-corrected chi connectivity index (χ0v) is 12.5. The summed E-state index contributed by atoms with van der Waals surface area (Å²) in [5, 5.41) is 0.365. The topological polar surface area (TPSA) is 72.6 Å². The molecule has 1 heterocycles. The van der Waals surface area contributed by atoms with E-state index in [1.165, 1.54) is 18.2 Å². The van der Waals surface area contributed by atoms with Crippen molar-refractivity contribution in [1.82, 2.24) is 4.31 Å². The van der Waals surface area contributed by atoms with Crippen molar-refractivity contribution in [3.63, 3.8) is 0 Å². The van der Waals surface area contributed by atoms with E-state index in [1.54, 1.807) is 4.31 Å². The summed E-state index contributed by atoms with van der Waals surface area (Å²) in [6.07, 6.45) is 2.82. The molecule has 0 radical (unpaired) electrons. The van der Waals surface area contributed by atoms with Gasteiger partial charge in [0.25, 0.3) is 0 Å². The second-order valence-electron chi connectivity index (χ2n) is 5.21. The van der Waals surface area contributed by atoms with Crippen LogP contribution in [-0.2, 0) is 14.8 Å². The zero-order valence-electron chi connectivity index (χ0n) is 11.0. The molecule has 110 valence electrons. The molecule has 2 aliphatic rings. The van der Waals surface area contributed by atoms with Crippen molar-refractivity contribution in [1.29, 1.82) is 0 Å². The minimum atomic E-state index is -3.54. The van der Waals surface area contributed by atoms with Gasteiger partial charge < -0.3 is 10.5 Å². The van der Waals surface area contributed by atoms with Gasteiger partial charge in [-0.1, -0.05) is 11.6 Å². The fraction of sp³-hybridized carbons (Fsp3) is 0.538. The molecular formula is C13H17ClN2O3S. The van der Waals surface area contributed by atoms with Gasteiger partial charge in [-0.3, -0.25) is 0 Å². The average molecular weight is 317 g/mol. The van der Waals surface area contributed by atoms with Crippen LogP contribution in [0.15, 0.2) is 23.1 Å². The number of fused-ring (bicyclic) bond motifs is 1. The van der Waals surface area contributed by atoms with Crippen molar-refractivity contribution in [2.24, 2.45) is 0 Å². The Morgan fingerprint density at radius 2 is 2.15 bits per heavy atom. The molecule has 0 spiro atoms. The number of ether oxygens (including phenoxy) is 1. The van der Waals surface area contributed by atoms with Gasteiger partial charge in [0.1, 0.15) is 0 Å². The van der Waals surface area contributed by atoms with Gasteiger partial charge in [-0.05, 0) is 37.5 Å². The number of nitrogens with zero attached hydrogens (tertiary/aromatic N) is 1. The number of hydrogen-bond donors (Lipinski definition) is 1. The first-order valence-electron chi connectivity index (χ1n) is 6.68. The number of morpholine rings is 1. The van der Waals surface area contributed by atoms with Crippen LogP contribution in [0.3, 0.4) is 0 Å². The van der Waals surface area contributed by atoms with E-state index >= 15 is 0 Å².